The van der Waals surface area contributed by atoms with Crippen LogP contribution in [0.3, 0.4) is 0 Å². The minimum atomic E-state index is -0.526. The summed E-state index contributed by atoms with van der Waals surface area (Å²) in [5.74, 6) is 0. The lowest BCUT2D eigenvalue weighted by molar-refractivity contribution is 0.0582. The molecule has 0 atom stereocenters. The number of nitrogen functional groups attached to an aromatic ring is 1. The van der Waals surface area contributed by atoms with Gasteiger partial charge in [0, 0.05) is 18.4 Å². The lowest BCUT2D eigenvalue weighted by atomic mass is 10.2. The Morgan fingerprint density at radius 2 is 1.95 bits per heavy atom. The molecule has 2 rings (SSSR count). The topological polar surface area (TPSA) is 68.5 Å². The summed E-state index contributed by atoms with van der Waals surface area (Å²) in [6.45, 7) is 7.94. The van der Waals surface area contributed by atoms with Crippen LogP contribution in [-0.2, 0) is 4.74 Å². The number of hydrogen-bond donors (Lipinski definition) is 1. The van der Waals surface area contributed by atoms with E-state index in [-0.39, 0.29) is 6.09 Å². The van der Waals surface area contributed by atoms with E-state index in [2.05, 4.69) is 4.98 Å². The van der Waals surface area contributed by atoms with Crippen molar-refractivity contribution in [1.82, 2.24) is 4.98 Å². The van der Waals surface area contributed by atoms with Gasteiger partial charge < -0.3 is 10.5 Å². The number of nitrogens with zero attached hydrogens (tertiary/aromatic N) is 2. The number of rotatable bonds is 3. The monoisotopic (exact) mass is 319 g/mol. The van der Waals surface area contributed by atoms with Gasteiger partial charge in [-0.2, -0.15) is 0 Å². The fourth-order valence-electron chi connectivity index (χ4n) is 1.83. The number of nitrogens with two attached hydrogens (primary N) is 1. The van der Waals surface area contributed by atoms with E-state index >= 15 is 0 Å². The number of ether oxygens (including phenoxy) is 1. The minimum Gasteiger partial charge on any atom is -0.443 e. The number of anilines is 2. The Balaban J connectivity index is 2.21. The maximum atomic E-state index is 12.2. The van der Waals surface area contributed by atoms with Crippen molar-refractivity contribution < 1.29 is 9.53 Å². The van der Waals surface area contributed by atoms with E-state index in [9.17, 15) is 4.79 Å². The molecule has 0 aliphatic rings. The number of amides is 1. The van der Waals surface area contributed by atoms with E-state index in [1.54, 1.807) is 6.20 Å². The van der Waals surface area contributed by atoms with Gasteiger partial charge in [-0.1, -0.05) is 23.5 Å². The molecule has 2 aromatic rings. The van der Waals surface area contributed by atoms with E-state index in [4.69, 9.17) is 10.5 Å². The smallest absolute Gasteiger partial charge is 0.416 e. The summed E-state index contributed by atoms with van der Waals surface area (Å²) < 4.78 is 5.41. The van der Waals surface area contributed by atoms with Crippen molar-refractivity contribution in [3.63, 3.8) is 0 Å². The highest BCUT2D eigenvalue weighted by atomic mass is 32.1. The quantitative estimate of drug-likeness (QED) is 0.863. The van der Waals surface area contributed by atoms with Crippen LogP contribution in [0.1, 0.15) is 27.7 Å². The summed E-state index contributed by atoms with van der Waals surface area (Å²) in [5, 5.41) is 0.628. The van der Waals surface area contributed by atoms with Crippen molar-refractivity contribution >= 4 is 28.2 Å². The molecule has 0 radical (unpaired) electrons. The Labute approximate surface area is 134 Å². The van der Waals surface area contributed by atoms with Gasteiger partial charge in [0.2, 0.25) is 0 Å². The zero-order valence-corrected chi connectivity index (χ0v) is 14.1. The molecule has 118 valence electrons. The van der Waals surface area contributed by atoms with Gasteiger partial charge in [0.05, 0.1) is 4.88 Å². The molecule has 1 amide bonds. The molecule has 0 spiro atoms. The third-order valence-electron chi connectivity index (χ3n) is 2.85. The molecule has 0 fully saturated rings. The first-order valence-electron chi connectivity index (χ1n) is 7.12. The van der Waals surface area contributed by atoms with Crippen molar-refractivity contribution in [2.24, 2.45) is 0 Å². The molecule has 22 heavy (non-hydrogen) atoms. The normalized spacial score (nSPS) is 11.3. The van der Waals surface area contributed by atoms with Crippen LogP contribution in [0, 0.1) is 0 Å². The van der Waals surface area contributed by atoms with Crippen molar-refractivity contribution in [2.45, 2.75) is 33.3 Å². The largest absolute Gasteiger partial charge is 0.443 e. The van der Waals surface area contributed by atoms with E-state index in [1.807, 2.05) is 52.0 Å². The first-order valence-corrected chi connectivity index (χ1v) is 7.94. The lowest BCUT2D eigenvalue weighted by Crippen LogP contribution is -2.36. The summed E-state index contributed by atoms with van der Waals surface area (Å²) in [4.78, 5) is 19.1. The molecule has 2 N–H and O–H groups in total. The SMILES string of the molecule is CCN(C(=O)OC(C)(C)C)c1ncc(-c2ccc(N)cc2)s1. The van der Waals surface area contributed by atoms with Crippen LogP contribution in [0.15, 0.2) is 30.5 Å². The summed E-state index contributed by atoms with van der Waals surface area (Å²) in [5.41, 5.74) is 6.92. The van der Waals surface area contributed by atoms with E-state index in [1.165, 1.54) is 16.2 Å². The second-order valence-corrected chi connectivity index (χ2v) is 6.86. The van der Waals surface area contributed by atoms with Gasteiger partial charge in [-0.05, 0) is 45.4 Å². The fraction of sp³-hybridized carbons (Fsp3) is 0.375. The summed E-state index contributed by atoms with van der Waals surface area (Å²) in [6, 6.07) is 7.58. The Morgan fingerprint density at radius 1 is 1.32 bits per heavy atom. The van der Waals surface area contributed by atoms with Crippen LogP contribution in [0.25, 0.3) is 10.4 Å². The first-order chi connectivity index (χ1) is 10.3. The van der Waals surface area contributed by atoms with Crippen LogP contribution >= 0.6 is 11.3 Å². The van der Waals surface area contributed by atoms with Crippen LogP contribution in [-0.4, -0.2) is 23.2 Å². The summed E-state index contributed by atoms with van der Waals surface area (Å²) in [6.07, 6.45) is 1.38. The lowest BCUT2D eigenvalue weighted by Gasteiger charge is -2.24. The standard InChI is InChI=1S/C16H21N3O2S/c1-5-19(15(20)21-16(2,3)4)14-18-10-13(22-14)11-6-8-12(17)9-7-11/h6-10H,5,17H2,1-4H3. The molecule has 1 aromatic carbocycles. The molecule has 0 saturated heterocycles. The number of carbonyl (C=O) groups excluding carboxylic acids is 1. The molecule has 0 aliphatic carbocycles. The van der Waals surface area contributed by atoms with Crippen LogP contribution in [0.5, 0.6) is 0 Å². The third kappa shape index (κ3) is 3.98. The zero-order chi connectivity index (χ0) is 16.3. The highest BCUT2D eigenvalue weighted by molar-refractivity contribution is 7.19. The van der Waals surface area contributed by atoms with Crippen LogP contribution in [0.4, 0.5) is 15.6 Å². The van der Waals surface area contributed by atoms with Gasteiger partial charge in [0.25, 0.3) is 0 Å². The predicted molar refractivity (Wildman–Crippen MR) is 91.2 cm³/mol. The number of thiazole rings is 1. The molecule has 0 unspecified atom stereocenters. The van der Waals surface area contributed by atoms with Gasteiger partial charge in [0.15, 0.2) is 5.13 Å². The second kappa shape index (κ2) is 6.36. The molecule has 1 aromatic heterocycles. The average molecular weight is 319 g/mol. The van der Waals surface area contributed by atoms with Crippen molar-refractivity contribution in [3.05, 3.63) is 30.5 Å². The van der Waals surface area contributed by atoms with Crippen molar-refractivity contribution in [1.29, 1.82) is 0 Å². The summed E-state index contributed by atoms with van der Waals surface area (Å²) >= 11 is 1.45. The maximum Gasteiger partial charge on any atom is 0.416 e. The Kier molecular flexibility index (Phi) is 4.71. The van der Waals surface area contributed by atoms with E-state index in [0.717, 1.165) is 16.1 Å². The second-order valence-electron chi connectivity index (χ2n) is 5.85. The number of aromatic nitrogens is 1. The summed E-state index contributed by atoms with van der Waals surface area (Å²) in [7, 11) is 0. The van der Waals surface area contributed by atoms with E-state index < -0.39 is 5.60 Å². The predicted octanol–water partition coefficient (Wildman–Crippen LogP) is 4.15. The molecule has 1 heterocycles. The molecule has 5 nitrogen and oxygen atoms in total. The number of benzene rings is 1. The fourth-order valence-corrected chi connectivity index (χ4v) is 2.81. The maximum absolute atomic E-state index is 12.2. The Hall–Kier alpha value is -2.08. The number of carbonyl (C=O) groups is 1. The number of hydrogen-bond acceptors (Lipinski definition) is 5. The molecule has 0 bridgehead atoms. The third-order valence-corrected chi connectivity index (χ3v) is 3.92. The van der Waals surface area contributed by atoms with E-state index in [0.29, 0.717) is 11.7 Å². The Bertz CT molecular complexity index is 644. The van der Waals surface area contributed by atoms with Crippen LogP contribution in [0.2, 0.25) is 0 Å². The van der Waals surface area contributed by atoms with Gasteiger partial charge in [0.1, 0.15) is 5.60 Å². The highest BCUT2D eigenvalue weighted by Gasteiger charge is 2.24. The van der Waals surface area contributed by atoms with Gasteiger partial charge >= 0.3 is 6.09 Å². The zero-order valence-electron chi connectivity index (χ0n) is 13.3. The van der Waals surface area contributed by atoms with Crippen molar-refractivity contribution in [3.8, 4) is 10.4 Å². The molecule has 0 aliphatic heterocycles. The molecular formula is C16H21N3O2S. The molecule has 6 heteroatoms. The van der Waals surface area contributed by atoms with Gasteiger partial charge in [-0.3, -0.25) is 4.90 Å². The van der Waals surface area contributed by atoms with Crippen molar-refractivity contribution in [2.75, 3.05) is 17.2 Å². The van der Waals surface area contributed by atoms with Gasteiger partial charge in [-0.25, -0.2) is 9.78 Å². The molecular weight excluding hydrogens is 298 g/mol. The average Bonchev–Trinajstić information content (AvgIpc) is 2.88. The van der Waals surface area contributed by atoms with Gasteiger partial charge in [-0.15, -0.1) is 0 Å². The molecule has 0 saturated carbocycles. The Morgan fingerprint density at radius 3 is 2.50 bits per heavy atom. The first kappa shape index (κ1) is 16.3. The highest BCUT2D eigenvalue weighted by Crippen LogP contribution is 2.32. The van der Waals surface area contributed by atoms with Crippen LogP contribution < -0.4 is 10.6 Å². The minimum absolute atomic E-state index is 0.381.